The Morgan fingerprint density at radius 3 is 2.59 bits per heavy atom. The Kier molecular flexibility index (Phi) is 5.31. The quantitative estimate of drug-likeness (QED) is 0.611. The summed E-state index contributed by atoms with van der Waals surface area (Å²) in [7, 11) is 0. The van der Waals surface area contributed by atoms with Gasteiger partial charge in [0.25, 0.3) is 0 Å². The van der Waals surface area contributed by atoms with Gasteiger partial charge < -0.3 is 25.4 Å². The number of ether oxygens (including phenoxy) is 2. The summed E-state index contributed by atoms with van der Waals surface area (Å²) in [6.45, 7) is 4.33. The van der Waals surface area contributed by atoms with E-state index in [1.807, 2.05) is 6.92 Å². The first-order valence-corrected chi connectivity index (χ1v) is 12.3. The Morgan fingerprint density at radius 2 is 1.76 bits per heavy atom. The van der Waals surface area contributed by atoms with Gasteiger partial charge >= 0.3 is 0 Å². The highest BCUT2D eigenvalue weighted by Gasteiger charge is 2.60. The van der Waals surface area contributed by atoms with E-state index in [-0.39, 0.29) is 17.7 Å². The Labute approximate surface area is 175 Å². The van der Waals surface area contributed by atoms with E-state index in [2.05, 4.69) is 6.92 Å². The lowest BCUT2D eigenvalue weighted by Gasteiger charge is -2.60. The Hall–Kier alpha value is -0.200. The van der Waals surface area contributed by atoms with Crippen LogP contribution in [0, 0.1) is 29.1 Å². The van der Waals surface area contributed by atoms with Crippen molar-refractivity contribution in [2.45, 2.75) is 121 Å². The lowest BCUT2D eigenvalue weighted by Crippen LogP contribution is -2.63. The second-order valence-electron chi connectivity index (χ2n) is 11.4. The van der Waals surface area contributed by atoms with E-state index in [0.717, 1.165) is 30.6 Å². The van der Waals surface area contributed by atoms with E-state index in [4.69, 9.17) is 15.2 Å². The largest absolute Gasteiger partial charge is 0.390 e. The van der Waals surface area contributed by atoms with Gasteiger partial charge in [0, 0.05) is 12.0 Å². The maximum atomic E-state index is 10.3. The fraction of sp³-hybridized carbons (Fsp3) is 1.00. The third kappa shape index (κ3) is 3.31. The summed E-state index contributed by atoms with van der Waals surface area (Å²) in [5.41, 5.74) is 7.62. The predicted molar refractivity (Wildman–Crippen MR) is 111 cm³/mol. The van der Waals surface area contributed by atoms with Gasteiger partial charge in [-0.15, -0.1) is 0 Å². The van der Waals surface area contributed by atoms with Crippen LogP contribution >= 0.6 is 0 Å². The molecule has 4 aliphatic carbocycles. The highest BCUT2D eigenvalue weighted by Crippen LogP contribution is 2.63. The predicted octanol–water partition coefficient (Wildman–Crippen LogP) is 3.35. The zero-order valence-electron chi connectivity index (χ0n) is 18.3. The number of rotatable bonds is 2. The van der Waals surface area contributed by atoms with Gasteiger partial charge in [0.05, 0.1) is 18.3 Å². The molecule has 0 aromatic rings. The summed E-state index contributed by atoms with van der Waals surface area (Å²) < 4.78 is 12.0. The summed E-state index contributed by atoms with van der Waals surface area (Å²) in [6, 6.07) is 0. The number of fused-ring (bicyclic) bond motifs is 5. The van der Waals surface area contributed by atoms with Crippen molar-refractivity contribution in [1.82, 2.24) is 0 Å². The molecular weight excluding hydrogens is 366 g/mol. The van der Waals surface area contributed by atoms with Crippen LogP contribution in [0.25, 0.3) is 0 Å². The average Bonchev–Trinajstić information content (AvgIpc) is 3.01. The molecule has 29 heavy (non-hydrogen) atoms. The summed E-state index contributed by atoms with van der Waals surface area (Å²) in [5, 5.41) is 20.2. The van der Waals surface area contributed by atoms with Gasteiger partial charge in [-0.05, 0) is 93.8 Å². The summed E-state index contributed by atoms with van der Waals surface area (Å²) in [6.07, 6.45) is 10.8. The standard InChI is InChI=1S/C24H41NO4/c1-14-20(26)13-21(27)22(28-14)29-16-5-6-17-15(12-16)4-7-19-18(17)8-11-23(2)9-3-10-24(19,23)25/h14-22,26-27H,3-13,25H2,1-2H3/t14?,15-,16+,17?,18-,19?,20?,21?,22?,23+,24+/m1/s1. The SMILES string of the molecule is CC1OC(O[C@H]2CCC3[C@H](CCC4[C@@H]3CC[C@]3(C)CCC[C@]43N)C2)C(O)CC1O. The lowest BCUT2D eigenvalue weighted by atomic mass is 9.48. The molecule has 1 heterocycles. The van der Waals surface area contributed by atoms with Gasteiger partial charge in [-0.25, -0.2) is 0 Å². The van der Waals surface area contributed by atoms with E-state index < -0.39 is 18.5 Å². The van der Waals surface area contributed by atoms with E-state index in [1.165, 1.54) is 51.4 Å². The van der Waals surface area contributed by atoms with Gasteiger partial charge in [-0.2, -0.15) is 0 Å². The molecule has 166 valence electrons. The van der Waals surface area contributed by atoms with Crippen LogP contribution in [0.2, 0.25) is 0 Å². The minimum atomic E-state index is -0.731. The van der Waals surface area contributed by atoms with Crippen LogP contribution in [0.15, 0.2) is 0 Å². The molecule has 5 heteroatoms. The molecule has 4 saturated carbocycles. The number of aliphatic hydroxyl groups is 2. The monoisotopic (exact) mass is 407 g/mol. The lowest BCUT2D eigenvalue weighted by molar-refractivity contribution is -0.280. The van der Waals surface area contributed by atoms with Crippen molar-refractivity contribution in [3.63, 3.8) is 0 Å². The minimum Gasteiger partial charge on any atom is -0.390 e. The summed E-state index contributed by atoms with van der Waals surface area (Å²) in [5.74, 6) is 3.05. The molecule has 0 radical (unpaired) electrons. The molecule has 0 bridgehead atoms. The Morgan fingerprint density at radius 1 is 0.931 bits per heavy atom. The average molecular weight is 408 g/mol. The van der Waals surface area contributed by atoms with Gasteiger partial charge in [0.1, 0.15) is 6.10 Å². The number of hydrogen-bond donors (Lipinski definition) is 3. The molecular formula is C24H41NO4. The topological polar surface area (TPSA) is 84.9 Å². The second kappa shape index (κ2) is 7.44. The minimum absolute atomic E-state index is 0.0747. The molecule has 0 aromatic heterocycles. The van der Waals surface area contributed by atoms with Crippen molar-refractivity contribution in [1.29, 1.82) is 0 Å². The van der Waals surface area contributed by atoms with Gasteiger partial charge in [0.2, 0.25) is 0 Å². The molecule has 0 amide bonds. The number of nitrogens with two attached hydrogens (primary N) is 1. The van der Waals surface area contributed by atoms with Crippen LogP contribution in [0.5, 0.6) is 0 Å². The zero-order chi connectivity index (χ0) is 20.4. The summed E-state index contributed by atoms with van der Waals surface area (Å²) in [4.78, 5) is 0. The van der Waals surface area contributed by atoms with Crippen molar-refractivity contribution < 1.29 is 19.7 Å². The smallest absolute Gasteiger partial charge is 0.184 e. The van der Waals surface area contributed by atoms with Crippen molar-refractivity contribution in [2.24, 2.45) is 34.8 Å². The highest BCUT2D eigenvalue weighted by molar-refractivity contribution is 5.15. The van der Waals surface area contributed by atoms with Crippen molar-refractivity contribution >= 4 is 0 Å². The van der Waals surface area contributed by atoms with Crippen LogP contribution < -0.4 is 5.73 Å². The molecule has 6 unspecified atom stereocenters. The fourth-order valence-corrected chi connectivity index (χ4v) is 8.26. The first kappa shape index (κ1) is 20.7. The molecule has 1 saturated heterocycles. The molecule has 0 aromatic carbocycles. The zero-order valence-corrected chi connectivity index (χ0v) is 18.3. The Balaban J connectivity index is 1.23. The normalized spacial score (nSPS) is 57.6. The maximum Gasteiger partial charge on any atom is 0.184 e. The molecule has 11 atom stereocenters. The van der Waals surface area contributed by atoms with E-state index in [0.29, 0.717) is 17.8 Å². The van der Waals surface area contributed by atoms with Crippen molar-refractivity contribution in [2.75, 3.05) is 0 Å². The van der Waals surface area contributed by atoms with Gasteiger partial charge in [0.15, 0.2) is 6.29 Å². The van der Waals surface area contributed by atoms with Crippen LogP contribution in [0.3, 0.4) is 0 Å². The maximum absolute atomic E-state index is 10.3. The fourth-order valence-electron chi connectivity index (χ4n) is 8.26. The van der Waals surface area contributed by atoms with Crippen LogP contribution in [-0.2, 0) is 9.47 Å². The third-order valence-corrected chi connectivity index (χ3v) is 10.1. The van der Waals surface area contributed by atoms with Crippen LogP contribution in [0.4, 0.5) is 0 Å². The molecule has 1 aliphatic heterocycles. The van der Waals surface area contributed by atoms with E-state index in [9.17, 15) is 10.2 Å². The first-order chi connectivity index (χ1) is 13.8. The molecule has 5 fully saturated rings. The molecule has 0 spiro atoms. The van der Waals surface area contributed by atoms with Crippen LogP contribution in [0.1, 0.15) is 84.5 Å². The highest BCUT2D eigenvalue weighted by atomic mass is 16.7. The van der Waals surface area contributed by atoms with Crippen LogP contribution in [-0.4, -0.2) is 46.5 Å². The first-order valence-electron chi connectivity index (χ1n) is 12.3. The van der Waals surface area contributed by atoms with Crippen molar-refractivity contribution in [3.8, 4) is 0 Å². The van der Waals surface area contributed by atoms with Crippen molar-refractivity contribution in [3.05, 3.63) is 0 Å². The molecule has 4 N–H and O–H groups in total. The summed E-state index contributed by atoms with van der Waals surface area (Å²) >= 11 is 0. The molecule has 5 rings (SSSR count). The van der Waals surface area contributed by atoms with Gasteiger partial charge in [-0.3, -0.25) is 0 Å². The van der Waals surface area contributed by atoms with E-state index in [1.54, 1.807) is 0 Å². The van der Waals surface area contributed by atoms with Gasteiger partial charge in [-0.1, -0.05) is 13.3 Å². The number of aliphatic hydroxyl groups excluding tert-OH is 2. The van der Waals surface area contributed by atoms with E-state index >= 15 is 0 Å². The Bertz CT molecular complexity index is 616. The molecule has 5 nitrogen and oxygen atoms in total. The second-order valence-corrected chi connectivity index (χ2v) is 11.4. The number of hydrogen-bond acceptors (Lipinski definition) is 5. The third-order valence-electron chi connectivity index (χ3n) is 10.1. The molecule has 5 aliphatic rings.